The van der Waals surface area contributed by atoms with E-state index < -0.39 is 6.10 Å². The Bertz CT molecular complexity index is 1400. The van der Waals surface area contributed by atoms with Crippen molar-refractivity contribution in [1.82, 2.24) is 10.4 Å². The second-order valence-corrected chi connectivity index (χ2v) is 10.4. The molecular weight excluding hydrogens is 548 g/mol. The Morgan fingerprint density at radius 1 is 1.16 bits per heavy atom. The number of carbonyl (C=O) groups excluding carboxylic acids is 2. The van der Waals surface area contributed by atoms with Gasteiger partial charge in [0.2, 0.25) is 0 Å². The molecule has 9 heteroatoms. The summed E-state index contributed by atoms with van der Waals surface area (Å²) in [6.07, 6.45) is 15.2. The largest absolute Gasteiger partial charge is 1.00 e. The first-order valence-electron chi connectivity index (χ1n) is 12.9. The zero-order valence-corrected chi connectivity index (χ0v) is 22.6. The third-order valence-corrected chi connectivity index (χ3v) is 8.08. The number of aliphatic imine (C=N–C) groups is 1. The molecule has 4 aliphatic heterocycles. The highest BCUT2D eigenvalue weighted by molar-refractivity contribution is 6.18. The molecule has 7 rings (SSSR count). The summed E-state index contributed by atoms with van der Waals surface area (Å²) >= 11 is 0. The van der Waals surface area contributed by atoms with Crippen LogP contribution in [0.5, 0.6) is 0 Å². The number of nitrogens with zero attached hydrogens (tertiary/aromatic N) is 3. The zero-order valence-electron chi connectivity index (χ0n) is 21.0. The highest BCUT2D eigenvalue weighted by Gasteiger charge is 2.49. The third kappa shape index (κ3) is 5.06. The summed E-state index contributed by atoms with van der Waals surface area (Å²) in [7, 11) is 0. The number of benzene rings is 1. The lowest BCUT2D eigenvalue weighted by atomic mass is 9.83. The highest BCUT2D eigenvalue weighted by Crippen LogP contribution is 2.37. The normalized spacial score (nSPS) is 28.6. The van der Waals surface area contributed by atoms with Crippen LogP contribution in [0.2, 0.25) is 0 Å². The van der Waals surface area contributed by atoms with Gasteiger partial charge in [0.1, 0.15) is 12.9 Å². The van der Waals surface area contributed by atoms with E-state index in [1.807, 2.05) is 48.6 Å². The standard InChI is InChI=1S/C29H30N4O4.BrH/c34-25-8-3-7-24-23(25)10-9-20-5-1-2-6-22(20)28(24)29(36)37-26-17-33(15-11-21(26)12-16-33)18-27(35)31-32-14-4-13-30-19-32;/h1-10,13,19,21,25-26,34H,11-12,14-18H2;1H/t21?,25?,26-,33?;/m0./s1. The van der Waals surface area contributed by atoms with Gasteiger partial charge >= 0.3 is 5.97 Å². The summed E-state index contributed by atoms with van der Waals surface area (Å²) in [5.74, 6) is -0.141. The monoisotopic (exact) mass is 578 g/mol. The second-order valence-electron chi connectivity index (χ2n) is 10.4. The van der Waals surface area contributed by atoms with E-state index in [9.17, 15) is 14.7 Å². The summed E-state index contributed by atoms with van der Waals surface area (Å²) in [5, 5.41) is 14.0. The van der Waals surface area contributed by atoms with Crippen LogP contribution in [0.25, 0.3) is 11.6 Å². The van der Waals surface area contributed by atoms with Gasteiger partial charge in [-0.1, -0.05) is 54.6 Å². The molecule has 2 aliphatic carbocycles. The van der Waals surface area contributed by atoms with Crippen LogP contribution >= 0.6 is 0 Å². The first-order chi connectivity index (χ1) is 18.0. The predicted octanol–water partition coefficient (Wildman–Crippen LogP) is -2.54. The van der Waals surface area contributed by atoms with E-state index in [4.69, 9.17) is 4.74 Å². The minimum atomic E-state index is -0.780. The molecule has 0 radical (unpaired) electrons. The summed E-state index contributed by atoms with van der Waals surface area (Å²) in [6, 6.07) is 7.75. The first-order valence-corrected chi connectivity index (χ1v) is 12.9. The maximum Gasteiger partial charge on any atom is 0.339 e. The Kier molecular flexibility index (Phi) is 7.52. The zero-order chi connectivity index (χ0) is 25.4. The van der Waals surface area contributed by atoms with Gasteiger partial charge in [0, 0.05) is 25.0 Å². The summed E-state index contributed by atoms with van der Waals surface area (Å²) < 4.78 is 6.89. The second kappa shape index (κ2) is 10.8. The Balaban J connectivity index is 0.00000294. The van der Waals surface area contributed by atoms with Crippen molar-refractivity contribution in [3.63, 3.8) is 0 Å². The number of rotatable bonds is 5. The molecule has 4 heterocycles. The van der Waals surface area contributed by atoms with Crippen molar-refractivity contribution >= 4 is 29.9 Å². The molecule has 3 saturated heterocycles. The molecular formula is C29H31BrN4O4. The van der Waals surface area contributed by atoms with Crippen molar-refractivity contribution in [1.29, 1.82) is 0 Å². The molecule has 198 valence electrons. The number of allylic oxidation sites excluding steroid dienone is 3. The molecule has 1 aromatic rings. The molecule has 38 heavy (non-hydrogen) atoms. The first kappa shape index (κ1) is 26.3. The van der Waals surface area contributed by atoms with Gasteiger partial charge in [-0.2, -0.15) is 0 Å². The van der Waals surface area contributed by atoms with Gasteiger partial charge in [0.25, 0.3) is 5.91 Å². The molecule has 1 aromatic carbocycles. The topological polar surface area (TPSA) is 91.2 Å². The maximum atomic E-state index is 13.8. The van der Waals surface area contributed by atoms with Crippen molar-refractivity contribution < 1.29 is 40.9 Å². The van der Waals surface area contributed by atoms with Crippen LogP contribution in [0.3, 0.4) is 0 Å². The van der Waals surface area contributed by atoms with E-state index in [0.717, 1.165) is 36.4 Å². The number of hydrogen-bond acceptors (Lipinski definition) is 6. The molecule has 3 fully saturated rings. The fourth-order valence-electron chi connectivity index (χ4n) is 6.18. The minimum absolute atomic E-state index is 0. The number of amides is 1. The van der Waals surface area contributed by atoms with Crippen LogP contribution in [0.4, 0.5) is 0 Å². The Morgan fingerprint density at radius 2 is 1.97 bits per heavy atom. The van der Waals surface area contributed by atoms with E-state index >= 15 is 0 Å². The van der Waals surface area contributed by atoms with Crippen LogP contribution in [0, 0.1) is 5.92 Å². The molecule has 2 atom stereocenters. The smallest absolute Gasteiger partial charge is 0.339 e. The lowest BCUT2D eigenvalue weighted by molar-refractivity contribution is -0.939. The molecule has 8 nitrogen and oxygen atoms in total. The van der Waals surface area contributed by atoms with E-state index in [1.165, 1.54) is 0 Å². The predicted molar refractivity (Wildman–Crippen MR) is 140 cm³/mol. The van der Waals surface area contributed by atoms with E-state index in [2.05, 4.69) is 10.4 Å². The van der Waals surface area contributed by atoms with Gasteiger partial charge in [-0.25, -0.2) is 9.79 Å². The number of hydrazine groups is 1. The number of hydrogen-bond donors (Lipinski definition) is 2. The lowest BCUT2D eigenvalue weighted by Gasteiger charge is -2.51. The molecule has 0 aromatic heterocycles. The molecule has 2 bridgehead atoms. The molecule has 6 aliphatic rings. The Labute approximate surface area is 232 Å². The van der Waals surface area contributed by atoms with E-state index in [1.54, 1.807) is 29.7 Å². The van der Waals surface area contributed by atoms with Crippen molar-refractivity contribution in [2.45, 2.75) is 25.0 Å². The van der Waals surface area contributed by atoms with E-state index in [0.29, 0.717) is 46.8 Å². The number of esters is 1. The number of nitrogens with one attached hydrogen (secondary N) is 1. The third-order valence-electron chi connectivity index (χ3n) is 8.08. The van der Waals surface area contributed by atoms with Crippen molar-refractivity contribution in [3.8, 4) is 0 Å². The fraction of sp³-hybridized carbons (Fsp3) is 0.345. The molecule has 2 N–H and O–H groups in total. The van der Waals surface area contributed by atoms with Gasteiger partial charge in [-0.05, 0) is 27.7 Å². The highest BCUT2D eigenvalue weighted by atomic mass is 79.9. The Morgan fingerprint density at radius 3 is 2.76 bits per heavy atom. The molecule has 1 amide bonds. The average Bonchev–Trinajstić information content (AvgIpc) is 3.07. The van der Waals surface area contributed by atoms with Crippen LogP contribution in [0.15, 0.2) is 77.0 Å². The number of carbonyl (C=O) groups is 2. The van der Waals surface area contributed by atoms with Crippen LogP contribution < -0.4 is 32.8 Å². The number of halogens is 1. The molecule has 0 spiro atoms. The fourth-order valence-corrected chi connectivity index (χ4v) is 6.18. The van der Waals surface area contributed by atoms with E-state index in [-0.39, 0.29) is 35.0 Å². The number of piperidine rings is 3. The quantitative estimate of drug-likeness (QED) is 0.297. The van der Waals surface area contributed by atoms with Crippen molar-refractivity contribution in [3.05, 3.63) is 82.4 Å². The van der Waals surface area contributed by atoms with Crippen LogP contribution in [0.1, 0.15) is 12.8 Å². The molecule has 1 unspecified atom stereocenters. The van der Waals surface area contributed by atoms with Gasteiger partial charge < -0.3 is 31.3 Å². The van der Waals surface area contributed by atoms with Crippen LogP contribution in [-0.2, 0) is 14.3 Å². The summed E-state index contributed by atoms with van der Waals surface area (Å²) in [5.41, 5.74) is 4.79. The average molecular weight is 579 g/mol. The lowest BCUT2D eigenvalue weighted by Crippen LogP contribution is -3.00. The minimum Gasteiger partial charge on any atom is -1.00 e. The number of aliphatic hydroxyl groups is 1. The summed E-state index contributed by atoms with van der Waals surface area (Å²) in [6.45, 7) is 3.37. The summed E-state index contributed by atoms with van der Waals surface area (Å²) in [4.78, 5) is 30.8. The SMILES string of the molecule is O=C(C[N+]12CCC(CC1)[C@@H](OC(=O)C1=c3ccccc3=CC=C3C1=CC=CC3O)C2)NN1C=NC=CC1.[Br-]. The number of fused-ring (bicyclic) bond motifs is 5. The van der Waals surface area contributed by atoms with Gasteiger partial charge in [-0.3, -0.25) is 15.2 Å². The number of aliphatic hydroxyl groups excluding tert-OH is 1. The number of ether oxygens (including phenoxy) is 1. The molecule has 0 saturated carbocycles. The van der Waals surface area contributed by atoms with Crippen molar-refractivity contribution in [2.75, 3.05) is 32.7 Å². The van der Waals surface area contributed by atoms with Gasteiger partial charge in [0.05, 0.1) is 31.3 Å². The van der Waals surface area contributed by atoms with Crippen LogP contribution in [-0.4, -0.2) is 77.7 Å². The maximum absolute atomic E-state index is 13.8. The van der Waals surface area contributed by atoms with Gasteiger partial charge in [0.15, 0.2) is 12.6 Å². The Hall–Kier alpha value is -3.27. The van der Waals surface area contributed by atoms with Gasteiger partial charge in [-0.15, -0.1) is 0 Å². The van der Waals surface area contributed by atoms with Crippen molar-refractivity contribution in [2.24, 2.45) is 10.9 Å². The number of quaternary nitrogens is 1.